The van der Waals surface area contributed by atoms with Crippen molar-refractivity contribution in [2.75, 3.05) is 0 Å². The Morgan fingerprint density at radius 2 is 1.07 bits per heavy atom. The molecular formula is C34H28N2O6. The quantitative estimate of drug-likeness (QED) is 0.185. The van der Waals surface area contributed by atoms with Gasteiger partial charge in [0.15, 0.2) is 11.5 Å². The van der Waals surface area contributed by atoms with Crippen LogP contribution in [-0.2, 0) is 26.1 Å². The molecule has 0 aliphatic rings. The van der Waals surface area contributed by atoms with Crippen molar-refractivity contribution in [1.29, 1.82) is 0 Å². The zero-order valence-corrected chi connectivity index (χ0v) is 22.6. The summed E-state index contributed by atoms with van der Waals surface area (Å²) in [5.41, 5.74) is 5.20. The van der Waals surface area contributed by atoms with E-state index in [-0.39, 0.29) is 30.3 Å². The van der Waals surface area contributed by atoms with Crippen LogP contribution < -0.4 is 9.47 Å². The number of hydrogen-bond acceptors (Lipinski definition) is 6. The van der Waals surface area contributed by atoms with Gasteiger partial charge in [-0.25, -0.2) is 9.59 Å². The van der Waals surface area contributed by atoms with Crippen molar-refractivity contribution in [3.05, 3.63) is 154 Å². The van der Waals surface area contributed by atoms with Crippen molar-refractivity contribution >= 4 is 11.9 Å². The van der Waals surface area contributed by atoms with E-state index >= 15 is 0 Å². The fraction of sp³-hybridized carbons (Fsp3) is 0.118. The Bertz CT molecular complexity index is 1660. The smallest absolute Gasteiger partial charge is 0.340 e. The number of pyridine rings is 2. The summed E-state index contributed by atoms with van der Waals surface area (Å²) < 4.78 is 11.9. The summed E-state index contributed by atoms with van der Waals surface area (Å²) in [5, 5.41) is 19.6. The van der Waals surface area contributed by atoms with Crippen LogP contribution in [0.1, 0.15) is 54.1 Å². The first-order valence-corrected chi connectivity index (χ1v) is 13.3. The third kappa shape index (κ3) is 7.17. The van der Waals surface area contributed by atoms with Crippen LogP contribution in [0.5, 0.6) is 11.5 Å². The lowest BCUT2D eigenvalue weighted by molar-refractivity contribution is 0.0646. The van der Waals surface area contributed by atoms with Crippen molar-refractivity contribution in [2.24, 2.45) is 0 Å². The minimum atomic E-state index is -1.42. The average molecular weight is 561 g/mol. The first-order chi connectivity index (χ1) is 20.5. The third-order valence-corrected chi connectivity index (χ3v) is 6.65. The second-order valence-electron chi connectivity index (χ2n) is 9.71. The van der Waals surface area contributed by atoms with Crippen LogP contribution in [0.2, 0.25) is 0 Å². The molecule has 0 unspecified atom stereocenters. The van der Waals surface area contributed by atoms with Crippen LogP contribution in [0.4, 0.5) is 0 Å². The van der Waals surface area contributed by atoms with E-state index < -0.39 is 17.5 Å². The van der Waals surface area contributed by atoms with E-state index in [1.165, 1.54) is 12.1 Å². The Balaban J connectivity index is 1.31. The Kier molecular flexibility index (Phi) is 8.84. The van der Waals surface area contributed by atoms with Gasteiger partial charge in [-0.3, -0.25) is 9.97 Å². The maximum Gasteiger partial charge on any atom is 0.340 e. The van der Waals surface area contributed by atoms with Gasteiger partial charge in [0.1, 0.15) is 18.8 Å². The number of carboxylic acid groups (broad SMARTS) is 2. The molecule has 0 atom stereocenters. The molecule has 0 spiro atoms. The van der Waals surface area contributed by atoms with Crippen LogP contribution in [0.25, 0.3) is 0 Å². The third-order valence-electron chi connectivity index (χ3n) is 6.65. The van der Waals surface area contributed by atoms with Gasteiger partial charge in [-0.1, -0.05) is 60.7 Å². The summed E-state index contributed by atoms with van der Waals surface area (Å²) in [5.74, 6) is -2.77. The molecule has 0 fully saturated rings. The second kappa shape index (κ2) is 13.2. The summed E-state index contributed by atoms with van der Waals surface area (Å²) in [7, 11) is 0. The van der Waals surface area contributed by atoms with Crippen molar-refractivity contribution in [3.63, 3.8) is 0 Å². The van der Waals surface area contributed by atoms with E-state index in [0.717, 1.165) is 46.2 Å². The lowest BCUT2D eigenvalue weighted by Gasteiger charge is -2.17. The Hall–Kier alpha value is -5.50. The van der Waals surface area contributed by atoms with E-state index in [2.05, 4.69) is 9.97 Å². The highest BCUT2D eigenvalue weighted by Gasteiger charge is 2.25. The first kappa shape index (κ1) is 28.0. The van der Waals surface area contributed by atoms with E-state index in [4.69, 9.17) is 9.47 Å². The van der Waals surface area contributed by atoms with Crippen LogP contribution in [0, 0.1) is 0 Å². The minimum Gasteiger partial charge on any atom is -0.485 e. The second-order valence-corrected chi connectivity index (χ2v) is 9.71. The van der Waals surface area contributed by atoms with E-state index in [1.54, 1.807) is 12.4 Å². The van der Waals surface area contributed by atoms with Crippen LogP contribution in [0.3, 0.4) is 0 Å². The maximum atomic E-state index is 12.2. The molecule has 42 heavy (non-hydrogen) atoms. The van der Waals surface area contributed by atoms with Crippen molar-refractivity contribution in [1.82, 2.24) is 9.97 Å². The minimum absolute atomic E-state index is 0.0237. The lowest BCUT2D eigenvalue weighted by atomic mass is 10.0. The summed E-state index contributed by atoms with van der Waals surface area (Å²) >= 11 is 0. The summed E-state index contributed by atoms with van der Waals surface area (Å²) in [6, 6.07) is 26.0. The van der Waals surface area contributed by atoms with Crippen molar-refractivity contribution in [2.45, 2.75) is 26.1 Å². The van der Waals surface area contributed by atoms with Gasteiger partial charge < -0.3 is 19.7 Å². The fourth-order valence-electron chi connectivity index (χ4n) is 4.51. The normalized spacial score (nSPS) is 10.7. The van der Waals surface area contributed by atoms with Crippen LogP contribution >= 0.6 is 0 Å². The molecule has 0 radical (unpaired) electrons. The zero-order valence-electron chi connectivity index (χ0n) is 22.6. The lowest BCUT2D eigenvalue weighted by Crippen LogP contribution is -2.12. The molecule has 0 saturated carbocycles. The number of benzene rings is 3. The highest BCUT2D eigenvalue weighted by molar-refractivity contribution is 6.04. The van der Waals surface area contributed by atoms with Gasteiger partial charge in [0.25, 0.3) is 0 Å². The molecule has 3 aromatic carbocycles. The number of ether oxygens (including phenoxy) is 2. The molecule has 2 aromatic heterocycles. The van der Waals surface area contributed by atoms with Crippen molar-refractivity contribution < 1.29 is 29.3 Å². The zero-order chi connectivity index (χ0) is 29.3. The molecule has 2 N–H and O–H groups in total. The molecule has 5 aromatic rings. The number of carbonyl (C=O) groups is 2. The number of nitrogens with zero attached hydrogens (tertiary/aromatic N) is 2. The predicted octanol–water partition coefficient (Wildman–Crippen LogP) is 6.21. The number of aromatic nitrogens is 2. The molecule has 0 aliphatic heterocycles. The molecule has 8 nitrogen and oxygen atoms in total. The highest BCUT2D eigenvalue weighted by Crippen LogP contribution is 2.35. The van der Waals surface area contributed by atoms with Gasteiger partial charge in [0.05, 0.1) is 5.56 Å². The van der Waals surface area contributed by atoms with Crippen LogP contribution in [0.15, 0.2) is 110 Å². The monoisotopic (exact) mass is 560 g/mol. The Morgan fingerprint density at radius 3 is 1.52 bits per heavy atom. The fourth-order valence-corrected chi connectivity index (χ4v) is 4.51. The number of rotatable bonds is 12. The topological polar surface area (TPSA) is 119 Å². The molecule has 0 aliphatic carbocycles. The summed E-state index contributed by atoms with van der Waals surface area (Å²) in [6.45, 7) is 0.161. The van der Waals surface area contributed by atoms with Crippen LogP contribution in [-0.4, -0.2) is 32.1 Å². The molecule has 0 bridgehead atoms. The van der Waals surface area contributed by atoms with Gasteiger partial charge >= 0.3 is 11.9 Å². The van der Waals surface area contributed by atoms with E-state index in [1.807, 2.05) is 85.2 Å². The van der Waals surface area contributed by atoms with Gasteiger partial charge in [-0.15, -0.1) is 0 Å². The number of aromatic carboxylic acids is 2. The van der Waals surface area contributed by atoms with Crippen molar-refractivity contribution in [3.8, 4) is 11.5 Å². The summed E-state index contributed by atoms with van der Waals surface area (Å²) in [6.07, 6.45) is 8.58. The molecular weight excluding hydrogens is 532 g/mol. The standard InChI is InChI=1S/C34H28N2O6/c37-33(38)29-13-14-30(41-21-25-9-5-23(6-10-25)17-27-3-1-15-35-19-27)32(31(29)34(39)40)42-22-26-11-7-24(8-12-26)18-28-4-2-16-36-20-28/h1-16,19-20H,17-18,21-22H2,(H,37,38)(H,39,40). The average Bonchev–Trinajstić information content (AvgIpc) is 3.01. The first-order valence-electron chi connectivity index (χ1n) is 13.3. The largest absolute Gasteiger partial charge is 0.485 e. The highest BCUT2D eigenvalue weighted by atomic mass is 16.5. The summed E-state index contributed by atoms with van der Waals surface area (Å²) in [4.78, 5) is 32.3. The van der Waals surface area contributed by atoms with Gasteiger partial charge in [0, 0.05) is 24.8 Å². The van der Waals surface area contributed by atoms with E-state index in [0.29, 0.717) is 0 Å². The maximum absolute atomic E-state index is 12.2. The predicted molar refractivity (Wildman–Crippen MR) is 156 cm³/mol. The number of hydrogen-bond donors (Lipinski definition) is 2. The number of carboxylic acids is 2. The molecule has 0 amide bonds. The Morgan fingerprint density at radius 1 is 0.571 bits per heavy atom. The van der Waals surface area contributed by atoms with Gasteiger partial charge in [-0.05, 0) is 70.5 Å². The SMILES string of the molecule is O=C(O)c1ccc(OCc2ccc(Cc3cccnc3)cc2)c(OCc2ccc(Cc3cccnc3)cc2)c1C(=O)O. The van der Waals surface area contributed by atoms with Gasteiger partial charge in [-0.2, -0.15) is 0 Å². The van der Waals surface area contributed by atoms with Gasteiger partial charge in [0.2, 0.25) is 0 Å². The molecule has 2 heterocycles. The van der Waals surface area contributed by atoms with E-state index in [9.17, 15) is 19.8 Å². The molecule has 8 heteroatoms. The molecule has 210 valence electrons. The molecule has 5 rings (SSSR count). The Labute approximate surface area is 242 Å². The molecule has 0 saturated heterocycles.